The summed E-state index contributed by atoms with van der Waals surface area (Å²) in [4.78, 5) is 5.44. The van der Waals surface area contributed by atoms with Gasteiger partial charge < -0.3 is 14.6 Å². The van der Waals surface area contributed by atoms with Gasteiger partial charge >= 0.3 is 0 Å². The normalized spacial score (nSPS) is 12.8. The summed E-state index contributed by atoms with van der Waals surface area (Å²) < 4.78 is 11.6. The van der Waals surface area contributed by atoms with Crippen LogP contribution in [0.4, 0.5) is 0 Å². The van der Waals surface area contributed by atoms with E-state index in [0.717, 1.165) is 21.6 Å². The van der Waals surface area contributed by atoms with E-state index in [2.05, 4.69) is 38.3 Å². The Kier molecular flexibility index (Phi) is 6.15. The van der Waals surface area contributed by atoms with Crippen molar-refractivity contribution in [2.45, 2.75) is 25.8 Å². The number of methoxy groups -OCH3 is 1. The molecule has 0 aliphatic heterocycles. The highest BCUT2D eigenvalue weighted by atomic mass is 79.9. The Bertz CT molecular complexity index is 529. The van der Waals surface area contributed by atoms with Crippen LogP contribution in [0, 0.1) is 0 Å². The standard InChI is InChI=1S/C13H18BrN3O2S/c1-3-6-15-9(8-18-2)7-12-16-13(17-19-12)10-4-5-11(14)20-10/h4-5,9,15H,3,6-8H2,1-2H3. The zero-order chi connectivity index (χ0) is 14.4. The van der Waals surface area contributed by atoms with Crippen molar-refractivity contribution < 1.29 is 9.26 Å². The largest absolute Gasteiger partial charge is 0.383 e. The summed E-state index contributed by atoms with van der Waals surface area (Å²) in [6.45, 7) is 3.71. The van der Waals surface area contributed by atoms with Crippen molar-refractivity contribution in [3.05, 3.63) is 21.8 Å². The van der Waals surface area contributed by atoms with E-state index in [0.29, 0.717) is 24.7 Å². The number of halogens is 1. The molecule has 0 bridgehead atoms. The molecule has 0 aliphatic carbocycles. The monoisotopic (exact) mass is 359 g/mol. The molecule has 0 saturated carbocycles. The van der Waals surface area contributed by atoms with E-state index in [1.165, 1.54) is 0 Å². The molecule has 5 nitrogen and oxygen atoms in total. The van der Waals surface area contributed by atoms with Crippen molar-refractivity contribution in [3.8, 4) is 10.7 Å². The molecule has 0 aromatic carbocycles. The summed E-state index contributed by atoms with van der Waals surface area (Å²) in [5.41, 5.74) is 0. The van der Waals surface area contributed by atoms with Gasteiger partial charge in [0.1, 0.15) is 0 Å². The van der Waals surface area contributed by atoms with E-state index in [1.807, 2.05) is 12.1 Å². The lowest BCUT2D eigenvalue weighted by atomic mass is 10.2. The Balaban J connectivity index is 2.00. The average Bonchev–Trinajstić information content (AvgIpc) is 3.05. The van der Waals surface area contributed by atoms with Gasteiger partial charge in [-0.1, -0.05) is 12.1 Å². The maximum absolute atomic E-state index is 5.32. The lowest BCUT2D eigenvalue weighted by Crippen LogP contribution is -2.35. The highest BCUT2D eigenvalue weighted by molar-refractivity contribution is 9.11. The number of nitrogens with one attached hydrogen (secondary N) is 1. The van der Waals surface area contributed by atoms with Crippen molar-refractivity contribution in [2.75, 3.05) is 20.3 Å². The fourth-order valence-electron chi connectivity index (χ4n) is 1.82. The lowest BCUT2D eigenvalue weighted by Gasteiger charge is -2.15. The first-order valence-electron chi connectivity index (χ1n) is 6.53. The van der Waals surface area contributed by atoms with E-state index in [4.69, 9.17) is 9.26 Å². The number of aromatic nitrogens is 2. The van der Waals surface area contributed by atoms with Gasteiger partial charge in [-0.15, -0.1) is 11.3 Å². The molecular weight excluding hydrogens is 342 g/mol. The summed E-state index contributed by atoms with van der Waals surface area (Å²) >= 11 is 5.02. The van der Waals surface area contributed by atoms with E-state index < -0.39 is 0 Å². The summed E-state index contributed by atoms with van der Waals surface area (Å²) in [5.74, 6) is 1.28. The quantitative estimate of drug-likeness (QED) is 0.784. The van der Waals surface area contributed by atoms with Gasteiger partial charge in [-0.25, -0.2) is 0 Å². The maximum atomic E-state index is 5.32. The van der Waals surface area contributed by atoms with Crippen molar-refractivity contribution in [1.29, 1.82) is 0 Å². The van der Waals surface area contributed by atoms with Crippen LogP contribution in [-0.2, 0) is 11.2 Å². The molecule has 1 N–H and O–H groups in total. The van der Waals surface area contributed by atoms with Crippen LogP contribution >= 0.6 is 27.3 Å². The van der Waals surface area contributed by atoms with Gasteiger partial charge in [0.05, 0.1) is 15.3 Å². The molecule has 2 heterocycles. The predicted molar refractivity (Wildman–Crippen MR) is 83.0 cm³/mol. The van der Waals surface area contributed by atoms with Gasteiger partial charge in [0.2, 0.25) is 11.7 Å². The van der Waals surface area contributed by atoms with Crippen LogP contribution in [0.2, 0.25) is 0 Å². The third-order valence-electron chi connectivity index (χ3n) is 2.73. The minimum atomic E-state index is 0.198. The first-order chi connectivity index (χ1) is 9.72. The van der Waals surface area contributed by atoms with Gasteiger partial charge in [-0.05, 0) is 41.0 Å². The summed E-state index contributed by atoms with van der Waals surface area (Å²) in [6.07, 6.45) is 1.76. The summed E-state index contributed by atoms with van der Waals surface area (Å²) in [6, 6.07) is 4.15. The molecule has 7 heteroatoms. The van der Waals surface area contributed by atoms with Crippen LogP contribution in [0.5, 0.6) is 0 Å². The molecule has 0 saturated heterocycles. The first kappa shape index (κ1) is 15.6. The van der Waals surface area contributed by atoms with E-state index >= 15 is 0 Å². The van der Waals surface area contributed by atoms with Gasteiger partial charge in [-0.3, -0.25) is 0 Å². The van der Waals surface area contributed by atoms with Crippen LogP contribution < -0.4 is 5.32 Å². The highest BCUT2D eigenvalue weighted by Gasteiger charge is 2.15. The SMILES string of the molecule is CCCNC(COC)Cc1nc(-c2ccc(Br)s2)no1. The first-order valence-corrected chi connectivity index (χ1v) is 8.14. The zero-order valence-electron chi connectivity index (χ0n) is 11.6. The van der Waals surface area contributed by atoms with E-state index in [9.17, 15) is 0 Å². The Hall–Kier alpha value is -0.760. The molecule has 0 aliphatic rings. The van der Waals surface area contributed by atoms with Crippen LogP contribution in [0.25, 0.3) is 10.7 Å². The molecule has 0 amide bonds. The van der Waals surface area contributed by atoms with Crippen molar-refractivity contribution in [3.63, 3.8) is 0 Å². The Morgan fingerprint density at radius 3 is 3.00 bits per heavy atom. The van der Waals surface area contributed by atoms with Gasteiger partial charge in [0.15, 0.2) is 0 Å². The van der Waals surface area contributed by atoms with Gasteiger partial charge in [0, 0.05) is 19.6 Å². The number of hydrogen-bond donors (Lipinski definition) is 1. The number of rotatable bonds is 8. The predicted octanol–water partition coefficient (Wildman–Crippen LogP) is 3.12. The smallest absolute Gasteiger partial charge is 0.228 e. The number of hydrogen-bond acceptors (Lipinski definition) is 6. The molecule has 110 valence electrons. The Labute approximate surface area is 130 Å². The zero-order valence-corrected chi connectivity index (χ0v) is 14.0. The van der Waals surface area contributed by atoms with Gasteiger partial charge in [0.25, 0.3) is 0 Å². The number of nitrogens with zero attached hydrogens (tertiary/aromatic N) is 2. The molecule has 1 unspecified atom stereocenters. The number of ether oxygens (including phenoxy) is 1. The fraction of sp³-hybridized carbons (Fsp3) is 0.538. The minimum absolute atomic E-state index is 0.198. The average molecular weight is 360 g/mol. The van der Waals surface area contributed by atoms with E-state index in [1.54, 1.807) is 18.4 Å². The van der Waals surface area contributed by atoms with Crippen LogP contribution in [-0.4, -0.2) is 36.4 Å². The Morgan fingerprint density at radius 2 is 2.35 bits per heavy atom. The maximum Gasteiger partial charge on any atom is 0.228 e. The second-order valence-corrected chi connectivity index (χ2v) is 6.89. The number of thiophene rings is 1. The minimum Gasteiger partial charge on any atom is -0.383 e. The fourth-order valence-corrected chi connectivity index (χ4v) is 3.13. The Morgan fingerprint density at radius 1 is 1.50 bits per heavy atom. The molecule has 2 aromatic rings. The van der Waals surface area contributed by atoms with Gasteiger partial charge in [-0.2, -0.15) is 4.98 Å². The van der Waals surface area contributed by atoms with Crippen molar-refractivity contribution >= 4 is 27.3 Å². The molecule has 2 aromatic heterocycles. The molecular formula is C13H18BrN3O2S. The van der Waals surface area contributed by atoms with Crippen LogP contribution in [0.1, 0.15) is 19.2 Å². The molecule has 0 radical (unpaired) electrons. The van der Waals surface area contributed by atoms with Crippen molar-refractivity contribution in [2.24, 2.45) is 0 Å². The third-order valence-corrected chi connectivity index (χ3v) is 4.35. The molecule has 0 spiro atoms. The molecule has 1 atom stereocenters. The van der Waals surface area contributed by atoms with Crippen molar-refractivity contribution in [1.82, 2.24) is 15.5 Å². The molecule has 0 fully saturated rings. The highest BCUT2D eigenvalue weighted by Crippen LogP contribution is 2.29. The molecule has 2 rings (SSSR count). The van der Waals surface area contributed by atoms with E-state index in [-0.39, 0.29) is 6.04 Å². The second-order valence-electron chi connectivity index (χ2n) is 4.43. The summed E-state index contributed by atoms with van der Waals surface area (Å²) in [5, 5.41) is 7.44. The van der Waals surface area contributed by atoms with Crippen LogP contribution in [0.15, 0.2) is 20.4 Å². The molecule has 20 heavy (non-hydrogen) atoms. The lowest BCUT2D eigenvalue weighted by molar-refractivity contribution is 0.161. The third kappa shape index (κ3) is 4.37. The topological polar surface area (TPSA) is 60.2 Å². The summed E-state index contributed by atoms with van der Waals surface area (Å²) in [7, 11) is 1.70. The van der Waals surface area contributed by atoms with Crippen LogP contribution in [0.3, 0.4) is 0 Å². The second kappa shape index (κ2) is 7.87.